The second-order valence-electron chi connectivity index (χ2n) is 2.57. The van der Waals surface area contributed by atoms with Crippen LogP contribution in [0.15, 0.2) is 22.8 Å². The van der Waals surface area contributed by atoms with Gasteiger partial charge in [-0.2, -0.15) is 11.8 Å². The Bertz CT molecular complexity index is 184. The average molecular weight is 171 g/mol. The minimum Gasteiger partial charge on any atom is -0.468 e. The summed E-state index contributed by atoms with van der Waals surface area (Å²) in [4.78, 5) is 0. The van der Waals surface area contributed by atoms with Gasteiger partial charge in [0.2, 0.25) is 0 Å². The maximum atomic E-state index is 5.58. The van der Waals surface area contributed by atoms with Crippen molar-refractivity contribution in [1.82, 2.24) is 0 Å². The molecule has 0 aliphatic heterocycles. The molecule has 2 N–H and O–H groups in total. The van der Waals surface area contributed by atoms with Crippen LogP contribution in [0.25, 0.3) is 0 Å². The second-order valence-corrected chi connectivity index (χ2v) is 3.60. The Hall–Kier alpha value is -0.410. The van der Waals surface area contributed by atoms with Crippen LogP contribution in [0.5, 0.6) is 0 Å². The summed E-state index contributed by atoms with van der Waals surface area (Å²) in [5.41, 5.74) is 5.58. The lowest BCUT2D eigenvalue weighted by molar-refractivity contribution is 0.530. The van der Waals surface area contributed by atoms with Gasteiger partial charge in [-0.3, -0.25) is 0 Å². The molecule has 0 bridgehead atoms. The Balaban J connectivity index is 2.14. The summed E-state index contributed by atoms with van der Waals surface area (Å²) in [6, 6.07) is 4.16. The minimum absolute atomic E-state index is 0.273. The normalized spacial score (nSPS) is 13.3. The first-order valence-electron chi connectivity index (χ1n) is 3.65. The summed E-state index contributed by atoms with van der Waals surface area (Å²) in [6.07, 6.45) is 1.70. The van der Waals surface area contributed by atoms with Crippen molar-refractivity contribution in [3.63, 3.8) is 0 Å². The third-order valence-electron chi connectivity index (χ3n) is 1.21. The molecule has 1 aromatic heterocycles. The minimum atomic E-state index is 0.273. The van der Waals surface area contributed by atoms with Crippen LogP contribution in [-0.4, -0.2) is 11.8 Å². The van der Waals surface area contributed by atoms with Gasteiger partial charge in [0.25, 0.3) is 0 Å². The number of rotatable bonds is 4. The van der Waals surface area contributed by atoms with Crippen molar-refractivity contribution in [2.75, 3.05) is 5.75 Å². The lowest BCUT2D eigenvalue weighted by Crippen LogP contribution is -2.17. The van der Waals surface area contributed by atoms with Gasteiger partial charge in [-0.1, -0.05) is 0 Å². The molecule has 1 heterocycles. The molecule has 0 aliphatic rings. The number of hydrogen-bond acceptors (Lipinski definition) is 3. The van der Waals surface area contributed by atoms with Crippen molar-refractivity contribution < 1.29 is 4.42 Å². The molecule has 1 rings (SSSR count). The molecule has 1 atom stereocenters. The molecule has 0 saturated carbocycles. The van der Waals surface area contributed by atoms with E-state index in [4.69, 9.17) is 10.2 Å². The lowest BCUT2D eigenvalue weighted by Gasteiger charge is -2.01. The van der Waals surface area contributed by atoms with Crippen molar-refractivity contribution in [1.29, 1.82) is 0 Å². The van der Waals surface area contributed by atoms with Gasteiger partial charge in [0.1, 0.15) is 5.76 Å². The first-order valence-corrected chi connectivity index (χ1v) is 4.80. The third kappa shape index (κ3) is 3.49. The lowest BCUT2D eigenvalue weighted by atomic mass is 10.4. The highest BCUT2D eigenvalue weighted by atomic mass is 32.2. The van der Waals surface area contributed by atoms with E-state index >= 15 is 0 Å². The van der Waals surface area contributed by atoms with Gasteiger partial charge < -0.3 is 10.2 Å². The van der Waals surface area contributed by atoms with Crippen molar-refractivity contribution in [2.45, 2.75) is 18.7 Å². The van der Waals surface area contributed by atoms with Crippen LogP contribution in [0.3, 0.4) is 0 Å². The van der Waals surface area contributed by atoms with Crippen LogP contribution in [0.2, 0.25) is 0 Å². The van der Waals surface area contributed by atoms with E-state index in [9.17, 15) is 0 Å². The van der Waals surface area contributed by atoms with E-state index in [0.717, 1.165) is 17.3 Å². The molecule has 0 aromatic carbocycles. The topological polar surface area (TPSA) is 39.2 Å². The standard InChI is InChI=1S/C8H13NOS/c1-7(9)5-11-6-8-3-2-4-10-8/h2-4,7H,5-6,9H2,1H3. The van der Waals surface area contributed by atoms with E-state index in [0.29, 0.717) is 0 Å². The van der Waals surface area contributed by atoms with Crippen LogP contribution in [-0.2, 0) is 5.75 Å². The van der Waals surface area contributed by atoms with Gasteiger partial charge in [-0.15, -0.1) is 0 Å². The predicted molar refractivity (Wildman–Crippen MR) is 48.5 cm³/mol. The van der Waals surface area contributed by atoms with Gasteiger partial charge in [0.05, 0.1) is 12.0 Å². The molecule has 0 radical (unpaired) electrons. The van der Waals surface area contributed by atoms with Gasteiger partial charge in [-0.25, -0.2) is 0 Å². The van der Waals surface area contributed by atoms with Crippen molar-refractivity contribution in [2.24, 2.45) is 5.73 Å². The number of hydrogen-bond donors (Lipinski definition) is 1. The molecule has 1 aromatic rings. The summed E-state index contributed by atoms with van der Waals surface area (Å²) in [5.74, 6) is 2.94. The van der Waals surface area contributed by atoms with Gasteiger partial charge in [0.15, 0.2) is 0 Å². The highest BCUT2D eigenvalue weighted by Crippen LogP contribution is 2.12. The zero-order chi connectivity index (χ0) is 8.10. The van der Waals surface area contributed by atoms with Gasteiger partial charge in [0, 0.05) is 11.8 Å². The quantitative estimate of drug-likeness (QED) is 0.751. The van der Waals surface area contributed by atoms with Crippen LogP contribution in [0.1, 0.15) is 12.7 Å². The summed E-state index contributed by atoms with van der Waals surface area (Å²) < 4.78 is 5.15. The summed E-state index contributed by atoms with van der Waals surface area (Å²) in [6.45, 7) is 2.01. The number of furan rings is 1. The molecule has 1 unspecified atom stereocenters. The van der Waals surface area contributed by atoms with E-state index in [1.54, 1.807) is 18.0 Å². The van der Waals surface area contributed by atoms with Crippen LogP contribution in [0, 0.1) is 0 Å². The van der Waals surface area contributed by atoms with Gasteiger partial charge in [-0.05, 0) is 19.1 Å². The van der Waals surface area contributed by atoms with Crippen LogP contribution >= 0.6 is 11.8 Å². The molecule has 0 spiro atoms. The number of thioether (sulfide) groups is 1. The van der Waals surface area contributed by atoms with E-state index < -0.39 is 0 Å². The average Bonchev–Trinajstić information content (AvgIpc) is 2.39. The molecule has 0 saturated heterocycles. The molecule has 62 valence electrons. The van der Waals surface area contributed by atoms with E-state index in [1.807, 2.05) is 19.1 Å². The number of nitrogens with two attached hydrogens (primary N) is 1. The molecule has 0 amide bonds. The highest BCUT2D eigenvalue weighted by Gasteiger charge is 1.97. The maximum absolute atomic E-state index is 5.58. The van der Waals surface area contributed by atoms with Crippen molar-refractivity contribution in [3.05, 3.63) is 24.2 Å². The molecular formula is C8H13NOS. The van der Waals surface area contributed by atoms with Crippen LogP contribution in [0.4, 0.5) is 0 Å². The smallest absolute Gasteiger partial charge is 0.113 e. The zero-order valence-electron chi connectivity index (χ0n) is 6.62. The first-order chi connectivity index (χ1) is 5.29. The van der Waals surface area contributed by atoms with E-state index in [2.05, 4.69) is 0 Å². The molecule has 2 nitrogen and oxygen atoms in total. The van der Waals surface area contributed by atoms with E-state index in [1.165, 1.54) is 0 Å². The monoisotopic (exact) mass is 171 g/mol. The Labute approximate surface area is 71.1 Å². The summed E-state index contributed by atoms with van der Waals surface area (Å²) in [5, 5.41) is 0. The SMILES string of the molecule is CC(N)CSCc1ccco1. The van der Waals surface area contributed by atoms with Crippen LogP contribution < -0.4 is 5.73 Å². The highest BCUT2D eigenvalue weighted by molar-refractivity contribution is 7.98. The van der Waals surface area contributed by atoms with Crippen molar-refractivity contribution in [3.8, 4) is 0 Å². The van der Waals surface area contributed by atoms with Crippen molar-refractivity contribution >= 4 is 11.8 Å². The Kier molecular flexibility index (Phi) is 3.52. The fourth-order valence-corrected chi connectivity index (χ4v) is 1.60. The summed E-state index contributed by atoms with van der Waals surface area (Å²) in [7, 11) is 0. The Morgan fingerprint density at radius 1 is 1.73 bits per heavy atom. The molecule has 11 heavy (non-hydrogen) atoms. The Morgan fingerprint density at radius 2 is 2.55 bits per heavy atom. The summed E-state index contributed by atoms with van der Waals surface area (Å²) >= 11 is 1.80. The fraction of sp³-hybridized carbons (Fsp3) is 0.500. The predicted octanol–water partition coefficient (Wildman–Crippen LogP) is 1.86. The van der Waals surface area contributed by atoms with Gasteiger partial charge >= 0.3 is 0 Å². The maximum Gasteiger partial charge on any atom is 0.113 e. The Morgan fingerprint density at radius 3 is 3.09 bits per heavy atom. The van der Waals surface area contributed by atoms with E-state index in [-0.39, 0.29) is 6.04 Å². The molecule has 3 heteroatoms. The third-order valence-corrected chi connectivity index (χ3v) is 2.46. The molecular weight excluding hydrogens is 158 g/mol. The molecule has 0 fully saturated rings. The first kappa shape index (κ1) is 8.68. The largest absolute Gasteiger partial charge is 0.468 e. The second kappa shape index (κ2) is 4.46. The fourth-order valence-electron chi connectivity index (χ4n) is 0.740. The molecule has 0 aliphatic carbocycles. The zero-order valence-corrected chi connectivity index (χ0v) is 7.43.